The molecule has 0 unspecified atom stereocenters. The minimum Gasteiger partial charge on any atom is -0.462 e. The van der Waals surface area contributed by atoms with Crippen molar-refractivity contribution < 1.29 is 9.53 Å². The summed E-state index contributed by atoms with van der Waals surface area (Å²) in [5.41, 5.74) is 4.51. The first-order chi connectivity index (χ1) is 14.7. The zero-order chi connectivity index (χ0) is 20.6. The van der Waals surface area contributed by atoms with E-state index in [1.807, 2.05) is 6.92 Å². The number of anilines is 1. The monoisotopic (exact) mass is 422 g/mol. The quantitative estimate of drug-likeness (QED) is 0.625. The smallest absolute Gasteiger partial charge is 0.341 e. The Kier molecular flexibility index (Phi) is 5.40. The van der Waals surface area contributed by atoms with Gasteiger partial charge in [-0.2, -0.15) is 0 Å². The van der Waals surface area contributed by atoms with Crippen molar-refractivity contribution in [2.75, 3.05) is 11.9 Å². The second kappa shape index (κ2) is 8.18. The SMILES string of the molecule is CCOC(=O)c1c(NC2=NC3(CCCCC3)Cc3ccccc32)sc2c1CCCC2. The number of carbonyl (C=O) groups excluding carboxylic acids is 1. The van der Waals surface area contributed by atoms with Gasteiger partial charge in [0.25, 0.3) is 0 Å². The van der Waals surface area contributed by atoms with E-state index < -0.39 is 0 Å². The molecular weight excluding hydrogens is 392 g/mol. The summed E-state index contributed by atoms with van der Waals surface area (Å²) in [4.78, 5) is 19.5. The number of nitrogens with zero attached hydrogens (tertiary/aromatic N) is 1. The maximum Gasteiger partial charge on any atom is 0.341 e. The first-order valence-corrected chi connectivity index (χ1v) is 12.3. The van der Waals surface area contributed by atoms with Crippen molar-refractivity contribution in [3.8, 4) is 0 Å². The molecule has 1 aromatic heterocycles. The van der Waals surface area contributed by atoms with E-state index in [0.717, 1.165) is 54.9 Å². The largest absolute Gasteiger partial charge is 0.462 e. The van der Waals surface area contributed by atoms with Crippen LogP contribution in [0.25, 0.3) is 0 Å². The predicted molar refractivity (Wildman–Crippen MR) is 123 cm³/mol. The van der Waals surface area contributed by atoms with E-state index >= 15 is 0 Å². The number of ether oxygens (including phenoxy) is 1. The summed E-state index contributed by atoms with van der Waals surface area (Å²) in [5, 5.41) is 4.56. The lowest BCUT2D eigenvalue weighted by atomic mass is 9.75. The fourth-order valence-corrected chi connectivity index (χ4v) is 6.65. The molecule has 1 aliphatic heterocycles. The predicted octanol–water partition coefficient (Wildman–Crippen LogP) is 5.92. The number of esters is 1. The number of hydrogen-bond donors (Lipinski definition) is 1. The Labute approximate surface area is 182 Å². The van der Waals surface area contributed by atoms with Gasteiger partial charge in [0.1, 0.15) is 10.8 Å². The molecule has 4 nitrogen and oxygen atoms in total. The first kappa shape index (κ1) is 19.8. The molecule has 1 N–H and O–H groups in total. The van der Waals surface area contributed by atoms with Crippen LogP contribution in [0.5, 0.6) is 0 Å². The van der Waals surface area contributed by atoms with Gasteiger partial charge in [0, 0.05) is 10.4 Å². The lowest BCUT2D eigenvalue weighted by Gasteiger charge is -2.38. The molecule has 1 spiro atoms. The second-order valence-electron chi connectivity index (χ2n) is 8.84. The number of aliphatic imine (C=N–C) groups is 1. The van der Waals surface area contributed by atoms with E-state index in [9.17, 15) is 4.79 Å². The molecule has 0 amide bonds. The van der Waals surface area contributed by atoms with Gasteiger partial charge >= 0.3 is 5.97 Å². The van der Waals surface area contributed by atoms with Crippen LogP contribution in [0.4, 0.5) is 5.00 Å². The Bertz CT molecular complexity index is 985. The van der Waals surface area contributed by atoms with Gasteiger partial charge in [-0.15, -0.1) is 11.3 Å². The maximum absolute atomic E-state index is 12.9. The average molecular weight is 423 g/mol. The van der Waals surface area contributed by atoms with E-state index in [-0.39, 0.29) is 11.5 Å². The van der Waals surface area contributed by atoms with Crippen molar-refractivity contribution in [2.24, 2.45) is 4.99 Å². The highest BCUT2D eigenvalue weighted by Crippen LogP contribution is 2.42. The Morgan fingerprint density at radius 1 is 1.13 bits per heavy atom. The average Bonchev–Trinajstić information content (AvgIpc) is 3.12. The molecule has 30 heavy (non-hydrogen) atoms. The van der Waals surface area contributed by atoms with E-state index in [1.165, 1.54) is 47.3 Å². The summed E-state index contributed by atoms with van der Waals surface area (Å²) in [6.45, 7) is 2.27. The highest BCUT2D eigenvalue weighted by molar-refractivity contribution is 7.17. The highest BCUT2D eigenvalue weighted by Gasteiger charge is 2.37. The number of benzene rings is 1. The summed E-state index contributed by atoms with van der Waals surface area (Å²) in [5.74, 6) is 0.736. The van der Waals surface area contributed by atoms with E-state index in [4.69, 9.17) is 9.73 Å². The van der Waals surface area contributed by atoms with Crippen LogP contribution < -0.4 is 5.32 Å². The van der Waals surface area contributed by atoms with E-state index in [2.05, 4.69) is 29.6 Å². The maximum atomic E-state index is 12.9. The van der Waals surface area contributed by atoms with Crippen molar-refractivity contribution in [1.29, 1.82) is 0 Å². The summed E-state index contributed by atoms with van der Waals surface area (Å²) < 4.78 is 5.45. The van der Waals surface area contributed by atoms with Crippen molar-refractivity contribution >= 4 is 28.1 Å². The molecule has 158 valence electrons. The Hall–Kier alpha value is -2.14. The van der Waals surface area contributed by atoms with Gasteiger partial charge in [-0.25, -0.2) is 4.79 Å². The number of hydrogen-bond acceptors (Lipinski definition) is 5. The van der Waals surface area contributed by atoms with Crippen LogP contribution >= 0.6 is 11.3 Å². The third kappa shape index (κ3) is 3.58. The summed E-state index contributed by atoms with van der Waals surface area (Å²) in [6, 6.07) is 8.62. The first-order valence-electron chi connectivity index (χ1n) is 11.5. The molecule has 2 aromatic rings. The third-order valence-corrected chi connectivity index (χ3v) is 8.02. The number of fused-ring (bicyclic) bond motifs is 2. The standard InChI is InChI=1S/C25H30N2O2S/c1-2-29-24(28)21-19-12-6-7-13-20(19)30-23(21)26-22-18-11-5-4-10-17(18)16-25(27-22)14-8-3-9-15-25/h4-5,10-11H,2-3,6-9,12-16H2,1H3,(H,26,27). The molecule has 5 heteroatoms. The minimum absolute atomic E-state index is 0.00983. The molecule has 0 saturated heterocycles. The van der Waals surface area contributed by atoms with Gasteiger partial charge in [-0.05, 0) is 63.0 Å². The van der Waals surface area contributed by atoms with Crippen molar-refractivity contribution in [3.63, 3.8) is 0 Å². The van der Waals surface area contributed by atoms with Crippen LogP contribution in [0, 0.1) is 0 Å². The molecule has 1 saturated carbocycles. The molecule has 1 aromatic carbocycles. The summed E-state index contributed by atoms with van der Waals surface area (Å²) in [7, 11) is 0. The Balaban J connectivity index is 1.57. The van der Waals surface area contributed by atoms with Crippen molar-refractivity contribution in [1.82, 2.24) is 0 Å². The molecule has 0 bridgehead atoms. The zero-order valence-corrected chi connectivity index (χ0v) is 18.6. The molecule has 3 aliphatic rings. The van der Waals surface area contributed by atoms with Gasteiger partial charge in [0.15, 0.2) is 0 Å². The van der Waals surface area contributed by atoms with Gasteiger partial charge in [-0.1, -0.05) is 43.5 Å². The zero-order valence-electron chi connectivity index (χ0n) is 17.8. The van der Waals surface area contributed by atoms with Gasteiger partial charge in [-0.3, -0.25) is 4.99 Å². The topological polar surface area (TPSA) is 50.7 Å². The van der Waals surface area contributed by atoms with Crippen LogP contribution in [0.3, 0.4) is 0 Å². The highest BCUT2D eigenvalue weighted by atomic mass is 32.1. The molecule has 0 atom stereocenters. The fraction of sp³-hybridized carbons (Fsp3) is 0.520. The fourth-order valence-electron chi connectivity index (χ4n) is 5.37. The second-order valence-corrected chi connectivity index (χ2v) is 9.95. The normalized spacial score (nSPS) is 19.6. The van der Waals surface area contributed by atoms with Gasteiger partial charge in [0.2, 0.25) is 0 Å². The van der Waals surface area contributed by atoms with Crippen LogP contribution in [0.2, 0.25) is 0 Å². The lowest BCUT2D eigenvalue weighted by molar-refractivity contribution is 0.0526. The lowest BCUT2D eigenvalue weighted by Crippen LogP contribution is -2.39. The third-order valence-electron chi connectivity index (χ3n) is 6.81. The number of carbonyl (C=O) groups is 1. The Morgan fingerprint density at radius 2 is 1.93 bits per heavy atom. The molecule has 2 aliphatic carbocycles. The number of nitrogens with one attached hydrogen (secondary N) is 1. The number of thiophene rings is 1. The summed E-state index contributed by atoms with van der Waals surface area (Å²) >= 11 is 1.73. The van der Waals surface area contributed by atoms with Crippen molar-refractivity contribution in [3.05, 3.63) is 51.4 Å². The van der Waals surface area contributed by atoms with Gasteiger partial charge in [0.05, 0.1) is 17.7 Å². The number of amidine groups is 1. The minimum atomic E-state index is -0.198. The van der Waals surface area contributed by atoms with Crippen LogP contribution in [0.15, 0.2) is 29.3 Å². The van der Waals surface area contributed by atoms with Crippen LogP contribution in [-0.4, -0.2) is 24.0 Å². The molecule has 5 rings (SSSR count). The molecular formula is C25H30N2O2S. The van der Waals surface area contributed by atoms with E-state index in [1.54, 1.807) is 11.3 Å². The molecule has 1 fully saturated rings. The van der Waals surface area contributed by atoms with Gasteiger partial charge < -0.3 is 10.1 Å². The van der Waals surface area contributed by atoms with E-state index in [0.29, 0.717) is 6.61 Å². The number of aryl methyl sites for hydroxylation is 1. The molecule has 0 radical (unpaired) electrons. The van der Waals surface area contributed by atoms with Crippen LogP contribution in [0.1, 0.15) is 83.8 Å². The number of rotatable bonds is 3. The molecule has 2 heterocycles. The van der Waals surface area contributed by atoms with Crippen LogP contribution in [-0.2, 0) is 24.0 Å². The summed E-state index contributed by atoms with van der Waals surface area (Å²) in [6.07, 6.45) is 11.5. The van der Waals surface area contributed by atoms with Crippen molar-refractivity contribution in [2.45, 2.75) is 76.7 Å². The Morgan fingerprint density at radius 3 is 2.77 bits per heavy atom.